The molecule has 33 heavy (non-hydrogen) atoms. The third-order valence-electron chi connectivity index (χ3n) is 6.90. The van der Waals surface area contributed by atoms with Crippen molar-refractivity contribution >= 4 is 22.1 Å². The Morgan fingerprint density at radius 3 is 2.58 bits per heavy atom. The van der Waals surface area contributed by atoms with Crippen LogP contribution in [0.1, 0.15) is 37.2 Å². The Balaban J connectivity index is 1.45. The largest absolute Gasteiger partial charge is 0.328 e. The third kappa shape index (κ3) is 3.18. The highest BCUT2D eigenvalue weighted by molar-refractivity contribution is 5.90. The number of hydrogen-bond acceptors (Lipinski definition) is 4. The van der Waals surface area contributed by atoms with Gasteiger partial charge in [-0.1, -0.05) is 24.3 Å². The number of aryl methyl sites for hydroxylation is 1. The van der Waals surface area contributed by atoms with E-state index >= 15 is 0 Å². The minimum atomic E-state index is -0.123. The number of benzene rings is 2. The molecule has 7 nitrogen and oxygen atoms in total. The summed E-state index contributed by atoms with van der Waals surface area (Å²) in [6.45, 7) is 0.885. The Kier molecular flexibility index (Phi) is 3.92. The molecule has 0 saturated heterocycles. The summed E-state index contributed by atoms with van der Waals surface area (Å²) in [5.41, 5.74) is 5.88. The maximum atomic E-state index is 13.9. The van der Waals surface area contributed by atoms with Crippen LogP contribution in [0.25, 0.3) is 38.9 Å². The molecule has 3 heterocycles. The van der Waals surface area contributed by atoms with E-state index in [0.29, 0.717) is 23.0 Å². The van der Waals surface area contributed by atoms with Crippen LogP contribution in [0.4, 0.5) is 0 Å². The molecule has 7 heteroatoms. The zero-order chi connectivity index (χ0) is 22.1. The Morgan fingerprint density at radius 1 is 1.00 bits per heavy atom. The van der Waals surface area contributed by atoms with E-state index in [1.165, 1.54) is 35.9 Å². The zero-order valence-electron chi connectivity index (χ0n) is 18.5. The molecule has 0 unspecified atom stereocenters. The molecule has 164 valence electrons. The van der Waals surface area contributed by atoms with Crippen molar-refractivity contribution in [2.45, 2.75) is 38.1 Å². The lowest BCUT2D eigenvalue weighted by atomic mass is 10.0. The lowest BCUT2D eigenvalue weighted by Crippen LogP contribution is -2.24. The van der Waals surface area contributed by atoms with E-state index in [0.717, 1.165) is 34.2 Å². The standard InChI is InChI=1S/C26H24N6O/c1-30-14-20-12-21(10-11-22(20)28-30)32-26(33)23(19-8-6-18(7-9-19)17-4-5-17)24-25(29-32)27-15-31(24)13-16-2-3-16/h6-12,14-17H,2-5,13H2,1H3. The van der Waals surface area contributed by atoms with Gasteiger partial charge in [-0.3, -0.25) is 9.48 Å². The van der Waals surface area contributed by atoms with E-state index in [4.69, 9.17) is 5.10 Å². The monoisotopic (exact) mass is 436 g/mol. The summed E-state index contributed by atoms with van der Waals surface area (Å²) >= 11 is 0. The van der Waals surface area contributed by atoms with Gasteiger partial charge in [-0.15, -0.1) is 5.10 Å². The minimum absolute atomic E-state index is 0.123. The first-order valence-electron chi connectivity index (χ1n) is 11.7. The predicted octanol–water partition coefficient (Wildman–Crippen LogP) is 4.42. The normalized spacial score (nSPS) is 16.2. The Hall–Kier alpha value is -3.74. The predicted molar refractivity (Wildman–Crippen MR) is 128 cm³/mol. The summed E-state index contributed by atoms with van der Waals surface area (Å²) in [5.74, 6) is 1.35. The fraction of sp³-hybridized carbons (Fsp3) is 0.308. The summed E-state index contributed by atoms with van der Waals surface area (Å²) in [4.78, 5) is 18.6. The molecular formula is C26H24N6O. The van der Waals surface area contributed by atoms with E-state index in [9.17, 15) is 4.79 Å². The molecule has 3 aromatic heterocycles. The van der Waals surface area contributed by atoms with Crippen molar-refractivity contribution in [2.75, 3.05) is 0 Å². The van der Waals surface area contributed by atoms with Gasteiger partial charge in [-0.05, 0) is 66.8 Å². The van der Waals surface area contributed by atoms with Crippen LogP contribution in [0.2, 0.25) is 0 Å². The van der Waals surface area contributed by atoms with Gasteiger partial charge in [0.15, 0.2) is 5.65 Å². The SMILES string of the molecule is Cn1cc2cc(-n3nc4ncn(CC5CC5)c4c(-c4ccc(C5CC5)cc4)c3=O)ccc2n1. The third-order valence-corrected chi connectivity index (χ3v) is 6.90. The van der Waals surface area contributed by atoms with Crippen molar-refractivity contribution in [3.8, 4) is 16.8 Å². The average molecular weight is 437 g/mol. The van der Waals surface area contributed by atoms with Crippen LogP contribution >= 0.6 is 0 Å². The highest BCUT2D eigenvalue weighted by atomic mass is 16.1. The van der Waals surface area contributed by atoms with Gasteiger partial charge in [0.05, 0.1) is 23.1 Å². The van der Waals surface area contributed by atoms with Gasteiger partial charge in [-0.2, -0.15) is 9.78 Å². The second-order valence-corrected chi connectivity index (χ2v) is 9.55. The molecule has 0 radical (unpaired) electrons. The van der Waals surface area contributed by atoms with E-state index in [-0.39, 0.29) is 5.56 Å². The maximum absolute atomic E-state index is 13.9. The van der Waals surface area contributed by atoms with Crippen LogP contribution in [0.3, 0.4) is 0 Å². The van der Waals surface area contributed by atoms with Crippen molar-refractivity contribution < 1.29 is 0 Å². The van der Waals surface area contributed by atoms with Crippen molar-refractivity contribution in [2.24, 2.45) is 13.0 Å². The quantitative estimate of drug-likeness (QED) is 0.409. The number of rotatable bonds is 5. The van der Waals surface area contributed by atoms with Gasteiger partial charge in [0.1, 0.15) is 5.52 Å². The lowest BCUT2D eigenvalue weighted by molar-refractivity contribution is 0.642. The zero-order valence-corrected chi connectivity index (χ0v) is 18.5. The smallest absolute Gasteiger partial charge is 0.281 e. The molecule has 0 aliphatic heterocycles. The first-order chi connectivity index (χ1) is 16.1. The molecule has 2 aliphatic rings. The maximum Gasteiger partial charge on any atom is 0.281 e. The molecule has 7 rings (SSSR count). The van der Waals surface area contributed by atoms with Gasteiger partial charge in [0, 0.05) is 25.2 Å². The first-order valence-corrected chi connectivity index (χ1v) is 11.7. The lowest BCUT2D eigenvalue weighted by Gasteiger charge is -2.12. The van der Waals surface area contributed by atoms with Crippen LogP contribution in [-0.4, -0.2) is 29.1 Å². The van der Waals surface area contributed by atoms with Gasteiger partial charge in [0.25, 0.3) is 5.56 Å². The van der Waals surface area contributed by atoms with E-state index < -0.39 is 0 Å². The molecule has 2 saturated carbocycles. The number of imidazole rings is 1. The summed E-state index contributed by atoms with van der Waals surface area (Å²) in [7, 11) is 1.89. The molecule has 0 spiro atoms. The summed E-state index contributed by atoms with van der Waals surface area (Å²) in [6.07, 6.45) is 8.78. The van der Waals surface area contributed by atoms with Gasteiger partial charge < -0.3 is 4.57 Å². The molecule has 2 aliphatic carbocycles. The molecule has 2 fully saturated rings. The highest BCUT2D eigenvalue weighted by Gasteiger charge is 2.26. The van der Waals surface area contributed by atoms with Crippen LogP contribution in [0.5, 0.6) is 0 Å². The van der Waals surface area contributed by atoms with Crippen molar-refractivity contribution in [1.82, 2.24) is 29.1 Å². The van der Waals surface area contributed by atoms with Gasteiger partial charge in [-0.25, -0.2) is 4.98 Å². The number of aromatic nitrogens is 6. The second-order valence-electron chi connectivity index (χ2n) is 9.55. The van der Waals surface area contributed by atoms with Crippen LogP contribution in [-0.2, 0) is 13.6 Å². The minimum Gasteiger partial charge on any atom is -0.328 e. The highest BCUT2D eigenvalue weighted by Crippen LogP contribution is 2.40. The van der Waals surface area contributed by atoms with Crippen LogP contribution < -0.4 is 5.56 Å². The fourth-order valence-electron chi connectivity index (χ4n) is 4.81. The Labute approximate surface area is 190 Å². The summed E-state index contributed by atoms with van der Waals surface area (Å²) in [5, 5.41) is 10.1. The van der Waals surface area contributed by atoms with E-state index in [1.54, 1.807) is 4.68 Å². The molecular weight excluding hydrogens is 412 g/mol. The molecule has 5 aromatic rings. The van der Waals surface area contributed by atoms with E-state index in [2.05, 4.69) is 38.9 Å². The first kappa shape index (κ1) is 18.8. The summed E-state index contributed by atoms with van der Waals surface area (Å²) < 4.78 is 5.40. The van der Waals surface area contributed by atoms with Crippen molar-refractivity contribution in [3.63, 3.8) is 0 Å². The molecule has 0 bridgehead atoms. The second kappa shape index (κ2) is 6.88. The van der Waals surface area contributed by atoms with Crippen LogP contribution in [0.15, 0.2) is 59.8 Å². The van der Waals surface area contributed by atoms with E-state index in [1.807, 2.05) is 37.8 Å². The average Bonchev–Trinajstić information content (AvgIpc) is 3.74. The van der Waals surface area contributed by atoms with Crippen LogP contribution in [0, 0.1) is 5.92 Å². The van der Waals surface area contributed by atoms with Crippen molar-refractivity contribution in [1.29, 1.82) is 0 Å². The molecule has 0 amide bonds. The molecule has 2 aromatic carbocycles. The number of nitrogens with zero attached hydrogens (tertiary/aromatic N) is 6. The molecule has 0 N–H and O–H groups in total. The number of hydrogen-bond donors (Lipinski definition) is 0. The van der Waals surface area contributed by atoms with Gasteiger partial charge in [0.2, 0.25) is 0 Å². The Morgan fingerprint density at radius 2 is 1.82 bits per heavy atom. The van der Waals surface area contributed by atoms with Gasteiger partial charge >= 0.3 is 0 Å². The fourth-order valence-corrected chi connectivity index (χ4v) is 4.81. The summed E-state index contributed by atoms with van der Waals surface area (Å²) in [6, 6.07) is 14.3. The number of fused-ring (bicyclic) bond motifs is 2. The molecule has 0 atom stereocenters. The topological polar surface area (TPSA) is 70.5 Å². The Bertz CT molecular complexity index is 1580. The van der Waals surface area contributed by atoms with Crippen molar-refractivity contribution in [3.05, 3.63) is 70.9 Å².